The van der Waals surface area contributed by atoms with Gasteiger partial charge in [-0.2, -0.15) is 0 Å². The normalized spacial score (nSPS) is 11.3. The van der Waals surface area contributed by atoms with Crippen LogP contribution in [0.5, 0.6) is 0 Å². The maximum Gasteiger partial charge on any atom is 0.254 e. The van der Waals surface area contributed by atoms with E-state index in [1.807, 2.05) is 20.8 Å². The van der Waals surface area contributed by atoms with Crippen LogP contribution in [0.15, 0.2) is 29.6 Å². The van der Waals surface area contributed by atoms with Gasteiger partial charge in [-0.3, -0.25) is 14.4 Å². The SMILES string of the molecule is CC(C)N(CC(=O)Nc1nc(CC(=O)NC(C)(C)C)cs1)C(=O)c1ccc(F)cc1. The summed E-state index contributed by atoms with van der Waals surface area (Å²) in [5, 5.41) is 7.59. The Bertz CT molecular complexity index is 904. The van der Waals surface area contributed by atoms with E-state index in [9.17, 15) is 18.8 Å². The van der Waals surface area contributed by atoms with Crippen molar-refractivity contribution in [2.24, 2.45) is 0 Å². The number of nitrogens with zero attached hydrogens (tertiary/aromatic N) is 2. The number of carbonyl (C=O) groups is 3. The van der Waals surface area contributed by atoms with Crippen LogP contribution in [0, 0.1) is 5.82 Å². The number of halogens is 1. The molecule has 9 heteroatoms. The Hall–Kier alpha value is -2.81. The predicted molar refractivity (Wildman–Crippen MR) is 115 cm³/mol. The summed E-state index contributed by atoms with van der Waals surface area (Å²) in [7, 11) is 0. The number of anilines is 1. The van der Waals surface area contributed by atoms with Gasteiger partial charge in [0.15, 0.2) is 5.13 Å². The minimum atomic E-state index is -0.434. The molecule has 0 spiro atoms. The molecule has 0 atom stereocenters. The van der Waals surface area contributed by atoms with Crippen LogP contribution in [0.1, 0.15) is 50.7 Å². The molecular formula is C21H27FN4O3S. The Morgan fingerprint density at radius 2 is 1.77 bits per heavy atom. The highest BCUT2D eigenvalue weighted by molar-refractivity contribution is 7.13. The Labute approximate surface area is 179 Å². The van der Waals surface area contributed by atoms with E-state index in [1.54, 1.807) is 19.2 Å². The standard InChI is InChI=1S/C21H27FN4O3S/c1-13(2)26(19(29)14-6-8-15(22)9-7-14)11-18(28)24-20-23-16(12-30-20)10-17(27)25-21(3,4)5/h6-9,12-13H,10-11H2,1-5H3,(H,25,27)(H,23,24,28). The van der Waals surface area contributed by atoms with Gasteiger partial charge in [0.05, 0.1) is 12.1 Å². The van der Waals surface area contributed by atoms with E-state index >= 15 is 0 Å². The van der Waals surface area contributed by atoms with Crippen molar-refractivity contribution in [3.63, 3.8) is 0 Å². The van der Waals surface area contributed by atoms with Gasteiger partial charge in [0.25, 0.3) is 5.91 Å². The van der Waals surface area contributed by atoms with Gasteiger partial charge in [-0.05, 0) is 58.9 Å². The molecule has 1 aromatic heterocycles. The Balaban J connectivity index is 1.98. The molecular weight excluding hydrogens is 407 g/mol. The van der Waals surface area contributed by atoms with Gasteiger partial charge >= 0.3 is 0 Å². The minimum absolute atomic E-state index is 0.116. The fourth-order valence-electron chi connectivity index (χ4n) is 2.63. The number of aromatic nitrogens is 1. The smallest absolute Gasteiger partial charge is 0.254 e. The summed E-state index contributed by atoms with van der Waals surface area (Å²) in [6.45, 7) is 9.10. The van der Waals surface area contributed by atoms with Crippen molar-refractivity contribution in [2.75, 3.05) is 11.9 Å². The average Bonchev–Trinajstić information content (AvgIpc) is 3.04. The van der Waals surface area contributed by atoms with Crippen molar-refractivity contribution in [1.29, 1.82) is 0 Å². The fourth-order valence-corrected chi connectivity index (χ4v) is 3.36. The number of amides is 3. The first-order valence-electron chi connectivity index (χ1n) is 9.56. The average molecular weight is 435 g/mol. The first-order valence-corrected chi connectivity index (χ1v) is 10.4. The van der Waals surface area contributed by atoms with E-state index in [-0.39, 0.29) is 36.4 Å². The quantitative estimate of drug-likeness (QED) is 0.700. The number of benzene rings is 1. The van der Waals surface area contributed by atoms with E-state index in [0.717, 1.165) is 0 Å². The number of carbonyl (C=O) groups excluding carboxylic acids is 3. The summed E-state index contributed by atoms with van der Waals surface area (Å²) < 4.78 is 13.1. The first-order chi connectivity index (χ1) is 13.9. The second kappa shape index (κ2) is 9.80. The van der Waals surface area contributed by atoms with Crippen molar-refractivity contribution < 1.29 is 18.8 Å². The van der Waals surface area contributed by atoms with Gasteiger partial charge in [-0.25, -0.2) is 9.37 Å². The van der Waals surface area contributed by atoms with Crippen molar-refractivity contribution in [1.82, 2.24) is 15.2 Å². The molecule has 0 radical (unpaired) electrons. The predicted octanol–water partition coefficient (Wildman–Crippen LogP) is 3.23. The topological polar surface area (TPSA) is 91.4 Å². The number of hydrogen-bond acceptors (Lipinski definition) is 5. The minimum Gasteiger partial charge on any atom is -0.351 e. The Kier molecular flexibility index (Phi) is 7.66. The molecule has 0 saturated heterocycles. The Morgan fingerprint density at radius 3 is 2.33 bits per heavy atom. The zero-order valence-electron chi connectivity index (χ0n) is 17.8. The number of rotatable bonds is 7. The van der Waals surface area contributed by atoms with Crippen molar-refractivity contribution in [2.45, 2.75) is 52.6 Å². The van der Waals surface area contributed by atoms with Crippen molar-refractivity contribution in [3.05, 3.63) is 46.7 Å². The second-order valence-electron chi connectivity index (χ2n) is 8.20. The maximum atomic E-state index is 13.1. The van der Waals surface area contributed by atoms with Crippen LogP contribution >= 0.6 is 11.3 Å². The third-order valence-corrected chi connectivity index (χ3v) is 4.75. The summed E-state index contributed by atoms with van der Waals surface area (Å²) in [5.74, 6) is -1.35. The monoisotopic (exact) mass is 434 g/mol. The fraction of sp³-hybridized carbons (Fsp3) is 0.429. The van der Waals surface area contributed by atoms with E-state index in [1.165, 1.54) is 40.5 Å². The number of nitrogens with one attached hydrogen (secondary N) is 2. The molecule has 1 heterocycles. The highest BCUT2D eigenvalue weighted by atomic mass is 32.1. The molecule has 7 nitrogen and oxygen atoms in total. The van der Waals surface area contributed by atoms with Crippen LogP contribution in [0.25, 0.3) is 0 Å². The third-order valence-electron chi connectivity index (χ3n) is 3.94. The summed E-state index contributed by atoms with van der Waals surface area (Å²) >= 11 is 1.21. The molecule has 0 aliphatic heterocycles. The van der Waals surface area contributed by atoms with Crippen LogP contribution < -0.4 is 10.6 Å². The molecule has 2 aromatic rings. The lowest BCUT2D eigenvalue weighted by atomic mass is 10.1. The van der Waals surface area contributed by atoms with Crippen molar-refractivity contribution >= 4 is 34.2 Å². The van der Waals surface area contributed by atoms with Crippen LogP contribution in [0.2, 0.25) is 0 Å². The first kappa shape index (κ1) is 23.5. The van der Waals surface area contributed by atoms with Crippen LogP contribution in [0.3, 0.4) is 0 Å². The van der Waals surface area contributed by atoms with Gasteiger partial charge in [0, 0.05) is 22.5 Å². The lowest BCUT2D eigenvalue weighted by molar-refractivity contribution is -0.122. The van der Waals surface area contributed by atoms with Gasteiger partial charge in [0.1, 0.15) is 12.4 Å². The van der Waals surface area contributed by atoms with Crippen LogP contribution in [-0.2, 0) is 16.0 Å². The van der Waals surface area contributed by atoms with E-state index in [0.29, 0.717) is 16.4 Å². The second-order valence-corrected chi connectivity index (χ2v) is 9.06. The van der Waals surface area contributed by atoms with Gasteiger partial charge in [0.2, 0.25) is 11.8 Å². The van der Waals surface area contributed by atoms with Crippen molar-refractivity contribution in [3.8, 4) is 0 Å². The molecule has 0 unspecified atom stereocenters. The van der Waals surface area contributed by atoms with Gasteiger partial charge in [-0.15, -0.1) is 11.3 Å². The molecule has 3 amide bonds. The third kappa shape index (κ3) is 7.22. The molecule has 1 aromatic carbocycles. The van der Waals surface area contributed by atoms with E-state index < -0.39 is 11.7 Å². The molecule has 2 rings (SSSR count). The highest BCUT2D eigenvalue weighted by Crippen LogP contribution is 2.17. The molecule has 0 bridgehead atoms. The molecule has 0 aliphatic carbocycles. The summed E-state index contributed by atoms with van der Waals surface area (Å²) in [4.78, 5) is 42.8. The highest BCUT2D eigenvalue weighted by Gasteiger charge is 2.22. The van der Waals surface area contributed by atoms with Crippen LogP contribution in [-0.4, -0.2) is 45.7 Å². The van der Waals surface area contributed by atoms with E-state index in [4.69, 9.17) is 0 Å². The molecule has 2 N–H and O–H groups in total. The summed E-state index contributed by atoms with van der Waals surface area (Å²) in [5.41, 5.74) is 0.529. The Morgan fingerprint density at radius 1 is 1.13 bits per heavy atom. The number of thiazole rings is 1. The molecule has 0 saturated carbocycles. The maximum absolute atomic E-state index is 13.1. The molecule has 30 heavy (non-hydrogen) atoms. The number of hydrogen-bond donors (Lipinski definition) is 2. The van der Waals surface area contributed by atoms with Gasteiger partial charge in [-0.1, -0.05) is 0 Å². The largest absolute Gasteiger partial charge is 0.351 e. The molecule has 0 aliphatic rings. The lowest BCUT2D eigenvalue weighted by Gasteiger charge is -2.26. The lowest BCUT2D eigenvalue weighted by Crippen LogP contribution is -2.42. The zero-order valence-corrected chi connectivity index (χ0v) is 18.6. The summed E-state index contributed by atoms with van der Waals surface area (Å²) in [6, 6.07) is 4.96. The van der Waals surface area contributed by atoms with Crippen LogP contribution in [0.4, 0.5) is 9.52 Å². The summed E-state index contributed by atoms with van der Waals surface area (Å²) in [6.07, 6.45) is 0.116. The molecule has 0 fully saturated rings. The zero-order chi connectivity index (χ0) is 22.5. The van der Waals surface area contributed by atoms with E-state index in [2.05, 4.69) is 15.6 Å². The molecule has 162 valence electrons. The van der Waals surface area contributed by atoms with Gasteiger partial charge < -0.3 is 15.5 Å².